The Labute approximate surface area is 201 Å². The quantitative estimate of drug-likeness (QED) is 0.365. The first-order valence-electron chi connectivity index (χ1n) is 12.3. The highest BCUT2D eigenvalue weighted by atomic mass is 16.6. The van der Waals surface area contributed by atoms with Gasteiger partial charge in [0.15, 0.2) is 5.82 Å². The van der Waals surface area contributed by atoms with Gasteiger partial charge in [0.2, 0.25) is 0 Å². The Balaban J connectivity index is 1.39. The van der Waals surface area contributed by atoms with E-state index in [-0.39, 0.29) is 17.9 Å². The van der Waals surface area contributed by atoms with E-state index in [0.717, 1.165) is 49.7 Å². The minimum absolute atomic E-state index is 0.0376. The minimum atomic E-state index is -0.586. The molecule has 2 aliphatic carbocycles. The van der Waals surface area contributed by atoms with Gasteiger partial charge in [-0.15, -0.1) is 0 Å². The van der Waals surface area contributed by atoms with Gasteiger partial charge in [-0.2, -0.15) is 0 Å². The number of urea groups is 1. The van der Waals surface area contributed by atoms with Gasteiger partial charge in [-0.05, 0) is 25.3 Å². The third kappa shape index (κ3) is 5.20. The molecule has 2 saturated carbocycles. The SMILES string of the molecule is C=C1CC(C)(OC(=O)C2(c3ccccc3)CCCCCC2)C1CC[NH2+]C(=O)Nc1cnccn1. The van der Waals surface area contributed by atoms with Crippen molar-refractivity contribution in [2.75, 3.05) is 11.9 Å². The number of anilines is 1. The van der Waals surface area contributed by atoms with Crippen molar-refractivity contribution in [1.29, 1.82) is 0 Å². The number of benzene rings is 1. The predicted molar refractivity (Wildman–Crippen MR) is 130 cm³/mol. The largest absolute Gasteiger partial charge is 0.458 e. The smallest absolute Gasteiger partial charge is 0.418 e. The molecule has 7 nitrogen and oxygen atoms in total. The molecule has 1 heterocycles. The van der Waals surface area contributed by atoms with E-state index in [2.05, 4.69) is 34.0 Å². The van der Waals surface area contributed by atoms with Crippen LogP contribution in [0.5, 0.6) is 0 Å². The second-order valence-electron chi connectivity index (χ2n) is 9.81. The maximum absolute atomic E-state index is 13.8. The molecule has 2 atom stereocenters. The predicted octanol–water partition coefficient (Wildman–Crippen LogP) is 4.13. The number of nitrogens with two attached hydrogens (primary N) is 1. The summed E-state index contributed by atoms with van der Waals surface area (Å²) in [5, 5.41) is 4.32. The van der Waals surface area contributed by atoms with Crippen molar-refractivity contribution in [2.24, 2.45) is 5.92 Å². The molecular formula is C27H35N4O3+. The van der Waals surface area contributed by atoms with Gasteiger partial charge in [0.1, 0.15) is 5.60 Å². The van der Waals surface area contributed by atoms with Gasteiger partial charge in [0, 0.05) is 31.2 Å². The van der Waals surface area contributed by atoms with E-state index < -0.39 is 11.0 Å². The minimum Gasteiger partial charge on any atom is -0.458 e. The van der Waals surface area contributed by atoms with Gasteiger partial charge in [0.05, 0.1) is 18.2 Å². The number of primary amides is 1. The summed E-state index contributed by atoms with van der Waals surface area (Å²) in [6.07, 6.45) is 12.0. The van der Waals surface area contributed by atoms with Crippen LogP contribution in [-0.4, -0.2) is 34.1 Å². The number of rotatable bonds is 7. The molecule has 2 fully saturated rings. The fourth-order valence-corrected chi connectivity index (χ4v) is 5.55. The van der Waals surface area contributed by atoms with Crippen LogP contribution in [0, 0.1) is 5.92 Å². The number of amides is 2. The Morgan fingerprint density at radius 2 is 1.88 bits per heavy atom. The van der Waals surface area contributed by atoms with Crippen LogP contribution in [0.3, 0.4) is 0 Å². The number of hydrogen-bond acceptors (Lipinski definition) is 5. The van der Waals surface area contributed by atoms with Crippen LogP contribution in [0.25, 0.3) is 0 Å². The molecule has 0 bridgehead atoms. The van der Waals surface area contributed by atoms with Crippen LogP contribution in [0.15, 0.2) is 61.1 Å². The molecule has 1 aromatic carbocycles. The molecule has 180 valence electrons. The van der Waals surface area contributed by atoms with Gasteiger partial charge in [-0.3, -0.25) is 20.4 Å². The van der Waals surface area contributed by atoms with Crippen molar-refractivity contribution >= 4 is 17.8 Å². The van der Waals surface area contributed by atoms with Gasteiger partial charge in [-0.25, -0.2) is 9.78 Å². The van der Waals surface area contributed by atoms with E-state index in [4.69, 9.17) is 4.74 Å². The van der Waals surface area contributed by atoms with Crippen molar-refractivity contribution in [3.05, 3.63) is 66.6 Å². The Bertz CT molecular complexity index is 1000. The zero-order chi connectivity index (χ0) is 24.0. The van der Waals surface area contributed by atoms with Crippen LogP contribution >= 0.6 is 0 Å². The Hall–Kier alpha value is -3.06. The fourth-order valence-electron chi connectivity index (χ4n) is 5.55. The first-order chi connectivity index (χ1) is 16.4. The van der Waals surface area contributed by atoms with E-state index in [1.165, 1.54) is 12.4 Å². The van der Waals surface area contributed by atoms with Gasteiger partial charge in [-0.1, -0.05) is 68.2 Å². The highest BCUT2D eigenvalue weighted by Gasteiger charge is 2.52. The average molecular weight is 464 g/mol. The molecule has 34 heavy (non-hydrogen) atoms. The molecule has 0 spiro atoms. The van der Waals surface area contributed by atoms with Crippen molar-refractivity contribution in [1.82, 2.24) is 9.97 Å². The van der Waals surface area contributed by atoms with Crippen molar-refractivity contribution < 1.29 is 19.6 Å². The topological polar surface area (TPSA) is 97.8 Å². The van der Waals surface area contributed by atoms with Gasteiger partial charge < -0.3 is 4.74 Å². The summed E-state index contributed by atoms with van der Waals surface area (Å²) in [5.41, 5.74) is 0.976. The molecule has 3 N–H and O–H groups in total. The average Bonchev–Trinajstić information content (AvgIpc) is 3.10. The lowest BCUT2D eigenvalue weighted by Crippen LogP contribution is -2.89. The van der Waals surface area contributed by atoms with E-state index in [1.54, 1.807) is 11.5 Å². The van der Waals surface area contributed by atoms with Crippen LogP contribution in [0.2, 0.25) is 0 Å². The van der Waals surface area contributed by atoms with E-state index >= 15 is 0 Å². The lowest BCUT2D eigenvalue weighted by molar-refractivity contribution is -0.554. The molecular weight excluding hydrogens is 428 g/mol. The van der Waals surface area contributed by atoms with Crippen molar-refractivity contribution in [3.63, 3.8) is 0 Å². The number of nitrogens with one attached hydrogen (secondary N) is 1. The van der Waals surface area contributed by atoms with Gasteiger partial charge in [0.25, 0.3) is 0 Å². The zero-order valence-corrected chi connectivity index (χ0v) is 20.0. The molecule has 2 unspecified atom stereocenters. The van der Waals surface area contributed by atoms with E-state index in [0.29, 0.717) is 25.2 Å². The summed E-state index contributed by atoms with van der Waals surface area (Å²) < 4.78 is 6.33. The number of quaternary nitrogens is 1. The normalized spacial score (nSPS) is 23.9. The summed E-state index contributed by atoms with van der Waals surface area (Å²) in [7, 11) is 0. The lowest BCUT2D eigenvalue weighted by Gasteiger charge is -2.49. The number of esters is 1. The summed E-state index contributed by atoms with van der Waals surface area (Å²) in [4.78, 5) is 34.0. The third-order valence-corrected chi connectivity index (χ3v) is 7.41. The Morgan fingerprint density at radius 3 is 2.53 bits per heavy atom. The number of carbonyl (C=O) groups is 2. The molecule has 4 rings (SSSR count). The standard InChI is InChI=1S/C27H34N4O3/c1-20-18-26(2,22(20)12-15-30-25(33)31-23-19-28-16-17-29-23)34-24(32)27(13-8-3-4-9-14-27)21-10-6-5-7-11-21/h5-7,10-11,16-17,19,22H,1,3-4,8-9,12-15,18H2,2H3,(H2,29,30,31,33)/p+1. The van der Waals surface area contributed by atoms with Crippen LogP contribution < -0.4 is 10.6 Å². The lowest BCUT2D eigenvalue weighted by atomic mass is 9.65. The molecule has 2 aromatic rings. The Morgan fingerprint density at radius 1 is 1.15 bits per heavy atom. The van der Waals surface area contributed by atoms with E-state index in [1.807, 2.05) is 25.1 Å². The molecule has 2 amide bonds. The molecule has 0 saturated heterocycles. The van der Waals surface area contributed by atoms with Gasteiger partial charge >= 0.3 is 12.0 Å². The van der Waals surface area contributed by atoms with E-state index in [9.17, 15) is 9.59 Å². The highest BCUT2D eigenvalue weighted by Crippen LogP contribution is 2.49. The van der Waals surface area contributed by atoms with Crippen LogP contribution in [0.4, 0.5) is 10.6 Å². The highest BCUT2D eigenvalue weighted by molar-refractivity contribution is 5.84. The number of nitrogens with zero attached hydrogens (tertiary/aromatic N) is 2. The maximum atomic E-state index is 13.8. The first-order valence-corrected chi connectivity index (χ1v) is 12.3. The van der Waals surface area contributed by atoms with Crippen molar-refractivity contribution in [3.8, 4) is 0 Å². The van der Waals surface area contributed by atoms with Crippen LogP contribution in [0.1, 0.15) is 63.9 Å². The monoisotopic (exact) mass is 463 g/mol. The summed E-state index contributed by atoms with van der Waals surface area (Å²) >= 11 is 0. The second-order valence-corrected chi connectivity index (χ2v) is 9.81. The molecule has 2 aliphatic rings. The fraction of sp³-hybridized carbons (Fsp3) is 0.481. The van der Waals surface area contributed by atoms with Crippen molar-refractivity contribution in [2.45, 2.75) is 69.3 Å². The molecule has 0 aliphatic heterocycles. The van der Waals surface area contributed by atoms with Crippen LogP contribution in [-0.2, 0) is 14.9 Å². The number of carbonyl (C=O) groups excluding carboxylic acids is 2. The first kappa shape index (κ1) is 24.1. The maximum Gasteiger partial charge on any atom is 0.418 e. The molecule has 7 heteroatoms. The summed E-state index contributed by atoms with van der Waals surface area (Å²) in [6, 6.07) is 9.92. The number of hydrogen-bond donors (Lipinski definition) is 2. The summed E-state index contributed by atoms with van der Waals surface area (Å²) in [6.45, 7) is 6.76. The second kappa shape index (κ2) is 10.5. The number of aromatic nitrogens is 2. The molecule has 1 aromatic heterocycles. The Kier molecular flexibility index (Phi) is 7.41. The zero-order valence-electron chi connectivity index (χ0n) is 20.0. The number of ether oxygens (including phenoxy) is 1. The third-order valence-electron chi connectivity index (χ3n) is 7.41. The summed E-state index contributed by atoms with van der Waals surface area (Å²) in [5.74, 6) is 0.353. The molecule has 0 radical (unpaired) electrons.